The zero-order valence-electron chi connectivity index (χ0n) is 10.8. The van der Waals surface area contributed by atoms with Gasteiger partial charge in [0.15, 0.2) is 0 Å². The van der Waals surface area contributed by atoms with Crippen LogP contribution in [0.15, 0.2) is 12.3 Å². The number of hydrogen-bond acceptors (Lipinski definition) is 5. The maximum absolute atomic E-state index is 11.9. The van der Waals surface area contributed by atoms with Gasteiger partial charge in [-0.2, -0.15) is 0 Å². The second-order valence-corrected chi connectivity index (χ2v) is 4.23. The summed E-state index contributed by atoms with van der Waals surface area (Å²) < 4.78 is 0. The van der Waals surface area contributed by atoms with E-state index in [-0.39, 0.29) is 18.5 Å². The molecule has 0 aliphatic rings. The highest BCUT2D eigenvalue weighted by atomic mass is 16.4. The van der Waals surface area contributed by atoms with Crippen LogP contribution in [0.5, 0.6) is 0 Å². The Hall–Kier alpha value is -2.64. The Bertz CT molecular complexity index is 544. The van der Waals surface area contributed by atoms with Gasteiger partial charge < -0.3 is 21.3 Å². The van der Waals surface area contributed by atoms with Crippen LogP contribution in [-0.4, -0.2) is 39.1 Å². The van der Waals surface area contributed by atoms with Gasteiger partial charge in [-0.15, -0.1) is 0 Å². The second-order valence-electron chi connectivity index (χ2n) is 4.23. The highest BCUT2D eigenvalue weighted by molar-refractivity contribution is 5.96. The number of aliphatic carboxylic acids is 2. The third-order valence-corrected chi connectivity index (χ3v) is 2.56. The molecule has 0 unspecified atom stereocenters. The molecule has 1 aromatic rings. The van der Waals surface area contributed by atoms with Gasteiger partial charge in [0.2, 0.25) is 0 Å². The summed E-state index contributed by atoms with van der Waals surface area (Å²) in [6.45, 7) is 1.62. The summed E-state index contributed by atoms with van der Waals surface area (Å²) >= 11 is 0. The molecule has 5 N–H and O–H groups in total. The van der Waals surface area contributed by atoms with Crippen molar-refractivity contribution < 1.29 is 24.6 Å². The molecule has 8 heteroatoms. The van der Waals surface area contributed by atoms with Gasteiger partial charge in [-0.3, -0.25) is 9.59 Å². The van der Waals surface area contributed by atoms with Crippen molar-refractivity contribution in [2.24, 2.45) is 0 Å². The number of rotatable bonds is 6. The molecule has 0 fully saturated rings. The lowest BCUT2D eigenvalue weighted by Gasteiger charge is -2.14. The minimum atomic E-state index is -1.30. The molecule has 108 valence electrons. The lowest BCUT2D eigenvalue weighted by molar-refractivity contribution is -0.140. The number of amides is 1. The molecule has 0 radical (unpaired) electrons. The van der Waals surface area contributed by atoms with Crippen LogP contribution >= 0.6 is 0 Å². The fraction of sp³-hybridized carbons (Fsp3) is 0.333. The summed E-state index contributed by atoms with van der Waals surface area (Å²) in [5.41, 5.74) is 6.45. The van der Waals surface area contributed by atoms with Crippen molar-refractivity contribution in [2.45, 2.75) is 25.8 Å². The van der Waals surface area contributed by atoms with Gasteiger partial charge in [0, 0.05) is 6.42 Å². The fourth-order valence-electron chi connectivity index (χ4n) is 1.59. The van der Waals surface area contributed by atoms with E-state index >= 15 is 0 Å². The number of anilines is 1. The zero-order chi connectivity index (χ0) is 15.3. The number of nitrogens with one attached hydrogen (secondary N) is 1. The molecular weight excluding hydrogens is 266 g/mol. The normalized spacial score (nSPS) is 11.7. The molecule has 8 nitrogen and oxygen atoms in total. The van der Waals surface area contributed by atoms with E-state index in [2.05, 4.69) is 10.3 Å². The number of carboxylic acid groups (broad SMARTS) is 2. The summed E-state index contributed by atoms with van der Waals surface area (Å²) in [5, 5.41) is 19.7. The number of carbonyl (C=O) groups excluding carboxylic acids is 1. The summed E-state index contributed by atoms with van der Waals surface area (Å²) in [7, 11) is 0. The average molecular weight is 281 g/mol. The molecule has 0 aromatic carbocycles. The fourth-order valence-corrected chi connectivity index (χ4v) is 1.59. The van der Waals surface area contributed by atoms with Crippen LogP contribution in [0, 0.1) is 6.92 Å². The first-order valence-electron chi connectivity index (χ1n) is 5.79. The highest BCUT2D eigenvalue weighted by Crippen LogP contribution is 2.09. The van der Waals surface area contributed by atoms with Crippen LogP contribution in [0.3, 0.4) is 0 Å². The minimum Gasteiger partial charge on any atom is -0.481 e. The van der Waals surface area contributed by atoms with Gasteiger partial charge in [-0.05, 0) is 25.0 Å². The van der Waals surface area contributed by atoms with Gasteiger partial charge in [0.05, 0.1) is 11.9 Å². The molecule has 0 aliphatic heterocycles. The van der Waals surface area contributed by atoms with E-state index in [0.29, 0.717) is 11.3 Å². The number of nitrogens with zero attached hydrogens (tertiary/aromatic N) is 1. The monoisotopic (exact) mass is 281 g/mol. The zero-order valence-corrected chi connectivity index (χ0v) is 10.8. The molecule has 0 spiro atoms. The van der Waals surface area contributed by atoms with Gasteiger partial charge in [0.1, 0.15) is 11.7 Å². The van der Waals surface area contributed by atoms with E-state index in [9.17, 15) is 14.4 Å². The van der Waals surface area contributed by atoms with Crippen LogP contribution in [0.25, 0.3) is 0 Å². The molecule has 1 atom stereocenters. The Morgan fingerprint density at radius 1 is 1.40 bits per heavy atom. The molecule has 0 aliphatic carbocycles. The van der Waals surface area contributed by atoms with Crippen molar-refractivity contribution in [1.29, 1.82) is 0 Å². The topological polar surface area (TPSA) is 143 Å². The first-order valence-corrected chi connectivity index (χ1v) is 5.79. The Labute approximate surface area is 114 Å². The number of aromatic nitrogens is 1. The minimum absolute atomic E-state index is 0.0563. The SMILES string of the molecule is Cc1cc(N)cnc1C(=O)N[C@@H](CCC(=O)O)C(=O)O. The van der Waals surface area contributed by atoms with Gasteiger partial charge >= 0.3 is 11.9 Å². The first kappa shape index (κ1) is 15.4. The number of nitrogens with two attached hydrogens (primary N) is 1. The first-order chi connectivity index (χ1) is 9.31. The standard InChI is InChI=1S/C12H15N3O5/c1-6-4-7(13)5-14-10(6)11(18)15-8(12(19)20)2-3-9(16)17/h4-5,8H,2-3,13H2,1H3,(H,15,18)(H,16,17)(H,19,20)/t8-/m0/s1. The van der Waals surface area contributed by atoms with E-state index in [1.165, 1.54) is 12.3 Å². The Morgan fingerprint density at radius 3 is 2.55 bits per heavy atom. The molecule has 1 aromatic heterocycles. The summed E-state index contributed by atoms with van der Waals surface area (Å²) in [6.07, 6.45) is 0.727. The van der Waals surface area contributed by atoms with Crippen molar-refractivity contribution in [3.8, 4) is 0 Å². The van der Waals surface area contributed by atoms with Gasteiger partial charge in [0.25, 0.3) is 5.91 Å². The molecule has 20 heavy (non-hydrogen) atoms. The number of hydrogen-bond donors (Lipinski definition) is 4. The van der Waals surface area contributed by atoms with Crippen LogP contribution in [0.1, 0.15) is 28.9 Å². The maximum Gasteiger partial charge on any atom is 0.326 e. The Balaban J connectivity index is 2.80. The summed E-state index contributed by atoms with van der Waals surface area (Å²) in [4.78, 5) is 37.2. The van der Waals surface area contributed by atoms with Crippen molar-refractivity contribution in [2.75, 3.05) is 5.73 Å². The Kier molecular flexibility index (Phi) is 5.01. The molecule has 1 rings (SSSR count). The maximum atomic E-state index is 11.9. The second kappa shape index (κ2) is 6.50. The molecule has 1 heterocycles. The largest absolute Gasteiger partial charge is 0.481 e. The van der Waals surface area contributed by atoms with E-state index in [1.807, 2.05) is 0 Å². The quantitative estimate of drug-likeness (QED) is 0.575. The molecular formula is C12H15N3O5. The number of carbonyl (C=O) groups is 3. The van der Waals surface area contributed by atoms with Crippen molar-refractivity contribution >= 4 is 23.5 Å². The molecule has 0 saturated carbocycles. The van der Waals surface area contributed by atoms with Crippen LogP contribution < -0.4 is 11.1 Å². The number of aryl methyl sites for hydroxylation is 1. The third-order valence-electron chi connectivity index (χ3n) is 2.56. The van der Waals surface area contributed by atoms with Crippen molar-refractivity contribution in [1.82, 2.24) is 10.3 Å². The van der Waals surface area contributed by atoms with Crippen LogP contribution in [0.2, 0.25) is 0 Å². The van der Waals surface area contributed by atoms with E-state index < -0.39 is 23.9 Å². The molecule has 0 bridgehead atoms. The number of carboxylic acids is 2. The van der Waals surface area contributed by atoms with Crippen molar-refractivity contribution in [3.63, 3.8) is 0 Å². The average Bonchev–Trinajstić information content (AvgIpc) is 2.33. The number of pyridine rings is 1. The lowest BCUT2D eigenvalue weighted by Crippen LogP contribution is -2.41. The smallest absolute Gasteiger partial charge is 0.326 e. The van der Waals surface area contributed by atoms with Gasteiger partial charge in [-0.1, -0.05) is 0 Å². The Morgan fingerprint density at radius 2 is 2.05 bits per heavy atom. The molecule has 1 amide bonds. The summed E-state index contributed by atoms with van der Waals surface area (Å²) in [6, 6.07) is 0.256. The predicted octanol–water partition coefficient (Wildman–Crippen LogP) is 0.0200. The van der Waals surface area contributed by atoms with Crippen LogP contribution in [0.4, 0.5) is 5.69 Å². The van der Waals surface area contributed by atoms with E-state index in [0.717, 1.165) is 0 Å². The summed E-state index contributed by atoms with van der Waals surface area (Å²) in [5.74, 6) is -3.11. The number of nitrogen functional groups attached to an aromatic ring is 1. The lowest BCUT2D eigenvalue weighted by atomic mass is 10.1. The predicted molar refractivity (Wildman–Crippen MR) is 69.1 cm³/mol. The van der Waals surface area contributed by atoms with E-state index in [1.54, 1.807) is 6.92 Å². The highest BCUT2D eigenvalue weighted by Gasteiger charge is 2.22. The van der Waals surface area contributed by atoms with Crippen LogP contribution in [-0.2, 0) is 9.59 Å². The van der Waals surface area contributed by atoms with E-state index in [4.69, 9.17) is 15.9 Å². The third kappa shape index (κ3) is 4.23. The molecule has 0 saturated heterocycles. The van der Waals surface area contributed by atoms with Crippen molar-refractivity contribution in [3.05, 3.63) is 23.5 Å². The van der Waals surface area contributed by atoms with Gasteiger partial charge in [-0.25, -0.2) is 9.78 Å².